The van der Waals surface area contributed by atoms with Crippen LogP contribution < -0.4 is 0 Å². The molecule has 0 saturated heterocycles. The second-order valence-corrected chi connectivity index (χ2v) is 16.2. The Hall–Kier alpha value is -0.653. The number of carboxylic acids is 1. The Balaban J connectivity index is 4.78. The Morgan fingerprint density at radius 3 is 1.73 bits per heavy atom. The lowest BCUT2D eigenvalue weighted by Crippen LogP contribution is -2.52. The van der Waals surface area contributed by atoms with E-state index in [0.717, 1.165) is 19.0 Å². The first-order valence-corrected chi connectivity index (χ1v) is 19.2. The zero-order valence-corrected chi connectivity index (χ0v) is 25.1. The first kappa shape index (κ1) is 36.3. The van der Waals surface area contributed by atoms with Gasteiger partial charge in [-0.05, 0) is 32.1 Å². The molecule has 0 aromatic carbocycles. The standard InChI is InChI=1S/C22H47NO11S2Si/c1-37(2)21-7-11-23(9-3-5-19-35(26,27)28,10-4-6-20-36(29,30)31)12-14-33-16-18-34-17-15-32-13-8-22(24)25/h37H,3-21H2,1-2H3,(H2-,24,25,26,27,28,29,30,31). The maximum atomic E-state index is 11.1. The summed E-state index contributed by atoms with van der Waals surface area (Å²) in [6.07, 6.45) is 2.71. The van der Waals surface area contributed by atoms with Gasteiger partial charge in [0.2, 0.25) is 0 Å². The predicted molar refractivity (Wildman–Crippen MR) is 142 cm³/mol. The lowest BCUT2D eigenvalue weighted by atomic mass is 10.2. The summed E-state index contributed by atoms with van der Waals surface area (Å²) < 4.78 is 81.3. The second kappa shape index (κ2) is 20.3. The van der Waals surface area contributed by atoms with E-state index in [1.54, 1.807) is 0 Å². The lowest BCUT2D eigenvalue weighted by molar-refractivity contribution is -0.929. The van der Waals surface area contributed by atoms with Gasteiger partial charge in [-0.3, -0.25) is 9.35 Å². The molecule has 0 amide bonds. The van der Waals surface area contributed by atoms with Gasteiger partial charge >= 0.3 is 5.97 Å². The van der Waals surface area contributed by atoms with Gasteiger partial charge in [0, 0.05) is 14.5 Å². The van der Waals surface area contributed by atoms with Crippen molar-refractivity contribution in [3.8, 4) is 0 Å². The van der Waals surface area contributed by atoms with Crippen molar-refractivity contribution in [1.82, 2.24) is 0 Å². The van der Waals surface area contributed by atoms with Crippen molar-refractivity contribution in [2.75, 3.05) is 77.3 Å². The summed E-state index contributed by atoms with van der Waals surface area (Å²) in [5, 5.41) is 8.55. The van der Waals surface area contributed by atoms with Gasteiger partial charge < -0.3 is 28.4 Å². The minimum absolute atomic E-state index is 0.0506. The summed E-state index contributed by atoms with van der Waals surface area (Å²) in [6.45, 7) is 9.34. The summed E-state index contributed by atoms with van der Waals surface area (Å²) in [6, 6.07) is 1.16. The van der Waals surface area contributed by atoms with E-state index in [1.165, 1.54) is 0 Å². The van der Waals surface area contributed by atoms with Crippen molar-refractivity contribution in [3.63, 3.8) is 0 Å². The third-order valence-electron chi connectivity index (χ3n) is 5.89. The van der Waals surface area contributed by atoms with Gasteiger partial charge in [-0.25, -0.2) is 8.42 Å². The first-order chi connectivity index (χ1) is 17.2. The highest BCUT2D eigenvalue weighted by Gasteiger charge is 2.27. The summed E-state index contributed by atoms with van der Waals surface area (Å²) in [5.74, 6) is -1.61. The smallest absolute Gasteiger partial charge is 0.305 e. The van der Waals surface area contributed by atoms with Gasteiger partial charge in [-0.2, -0.15) is 8.42 Å². The van der Waals surface area contributed by atoms with Crippen molar-refractivity contribution >= 4 is 35.0 Å². The van der Waals surface area contributed by atoms with Crippen LogP contribution >= 0.6 is 0 Å². The zero-order chi connectivity index (χ0) is 28.2. The molecule has 0 aromatic rings. The molecule has 0 bridgehead atoms. The molecular formula is C22H47NO11S2Si. The third kappa shape index (κ3) is 25.4. The number of quaternary nitrogens is 1. The molecule has 1 atom stereocenters. The Kier molecular flexibility index (Phi) is 19.9. The number of nitrogens with zero attached hydrogens (tertiary/aromatic N) is 1. The summed E-state index contributed by atoms with van der Waals surface area (Å²) in [4.78, 5) is 10.4. The number of rotatable bonds is 26. The average molecular weight is 594 g/mol. The summed E-state index contributed by atoms with van der Waals surface area (Å²) >= 11 is 0. The summed E-state index contributed by atoms with van der Waals surface area (Å²) in [7, 11) is -9.06. The van der Waals surface area contributed by atoms with Crippen molar-refractivity contribution in [2.45, 2.75) is 57.7 Å². The van der Waals surface area contributed by atoms with Gasteiger partial charge in [0.15, 0.2) is 0 Å². The highest BCUT2D eigenvalue weighted by molar-refractivity contribution is 7.85. The van der Waals surface area contributed by atoms with Crippen LogP contribution in [0, 0.1) is 0 Å². The normalized spacial score (nSPS) is 14.2. The number of ether oxygens (including phenoxy) is 3. The van der Waals surface area contributed by atoms with E-state index in [9.17, 15) is 26.2 Å². The molecule has 0 rings (SSSR count). The largest absolute Gasteiger partial charge is 0.748 e. The van der Waals surface area contributed by atoms with Crippen LogP contribution in [0.15, 0.2) is 0 Å². The maximum Gasteiger partial charge on any atom is 0.305 e. The van der Waals surface area contributed by atoms with Gasteiger partial charge in [-0.1, -0.05) is 19.1 Å². The molecule has 2 N–H and O–H groups in total. The van der Waals surface area contributed by atoms with Crippen molar-refractivity contribution in [3.05, 3.63) is 0 Å². The van der Waals surface area contributed by atoms with E-state index >= 15 is 0 Å². The van der Waals surface area contributed by atoms with E-state index in [-0.39, 0.29) is 25.2 Å². The van der Waals surface area contributed by atoms with E-state index < -0.39 is 40.8 Å². The SMILES string of the molecule is C[SiH](C)CCC[N+](CCCCS(=O)(=O)[O-])(CCCCS(=O)(=O)O)CCOCCOCCOCCC(=O)O. The number of unbranched alkanes of at least 4 members (excludes halogenated alkanes) is 2. The minimum Gasteiger partial charge on any atom is -0.748 e. The van der Waals surface area contributed by atoms with E-state index in [4.69, 9.17) is 23.9 Å². The highest BCUT2D eigenvalue weighted by atomic mass is 32.2. The number of carboxylic acid groups (broad SMARTS) is 1. The number of carbonyl (C=O) groups is 1. The van der Waals surface area contributed by atoms with Crippen LogP contribution in [0.2, 0.25) is 19.1 Å². The van der Waals surface area contributed by atoms with Gasteiger partial charge in [0.05, 0.1) is 81.6 Å². The van der Waals surface area contributed by atoms with Crippen molar-refractivity contribution in [2.24, 2.45) is 0 Å². The highest BCUT2D eigenvalue weighted by Crippen LogP contribution is 2.16. The lowest BCUT2D eigenvalue weighted by Gasteiger charge is -2.39. The van der Waals surface area contributed by atoms with E-state index in [1.807, 2.05) is 0 Å². The van der Waals surface area contributed by atoms with Crippen LogP contribution in [-0.4, -0.2) is 128 Å². The Morgan fingerprint density at radius 1 is 0.757 bits per heavy atom. The van der Waals surface area contributed by atoms with Crippen LogP contribution in [0.25, 0.3) is 0 Å². The molecule has 0 radical (unpaired) electrons. The van der Waals surface area contributed by atoms with E-state index in [0.29, 0.717) is 76.4 Å². The Morgan fingerprint density at radius 2 is 1.24 bits per heavy atom. The molecule has 15 heteroatoms. The number of hydrogen-bond donors (Lipinski definition) is 2. The molecule has 12 nitrogen and oxygen atoms in total. The molecule has 37 heavy (non-hydrogen) atoms. The molecule has 0 saturated carbocycles. The van der Waals surface area contributed by atoms with Crippen LogP contribution in [0.5, 0.6) is 0 Å². The van der Waals surface area contributed by atoms with Crippen LogP contribution in [-0.2, 0) is 39.2 Å². The zero-order valence-electron chi connectivity index (χ0n) is 22.3. The average Bonchev–Trinajstić information content (AvgIpc) is 2.76. The third-order valence-corrected chi connectivity index (χ3v) is 9.05. The van der Waals surface area contributed by atoms with E-state index in [2.05, 4.69) is 13.1 Å². The molecule has 222 valence electrons. The fourth-order valence-corrected chi connectivity index (χ4v) is 6.05. The van der Waals surface area contributed by atoms with Gasteiger partial charge in [0.25, 0.3) is 10.1 Å². The predicted octanol–water partition coefficient (Wildman–Crippen LogP) is 1.20. The number of hydrogen-bond acceptors (Lipinski definition) is 9. The van der Waals surface area contributed by atoms with Crippen LogP contribution in [0.1, 0.15) is 38.5 Å². The number of aliphatic carboxylic acids is 1. The second-order valence-electron chi connectivity index (χ2n) is 9.72. The molecule has 0 spiro atoms. The topological polar surface area (TPSA) is 177 Å². The summed E-state index contributed by atoms with van der Waals surface area (Å²) in [5.41, 5.74) is 0. The van der Waals surface area contributed by atoms with Gasteiger partial charge in [-0.15, -0.1) is 0 Å². The molecule has 0 heterocycles. The molecular weight excluding hydrogens is 546 g/mol. The Bertz CT molecular complexity index is 767. The molecule has 0 aliphatic rings. The fourth-order valence-electron chi connectivity index (χ4n) is 3.92. The molecule has 0 aliphatic carbocycles. The quantitative estimate of drug-likeness (QED) is 0.0637. The van der Waals surface area contributed by atoms with Crippen molar-refractivity contribution < 1.29 is 54.5 Å². The Labute approximate surface area is 224 Å². The molecule has 0 aromatic heterocycles. The fraction of sp³-hybridized carbons (Fsp3) is 0.955. The molecule has 0 aliphatic heterocycles. The molecule has 0 fully saturated rings. The van der Waals surface area contributed by atoms with Crippen LogP contribution in [0.4, 0.5) is 0 Å². The molecule has 1 unspecified atom stereocenters. The maximum absolute atomic E-state index is 11.1. The van der Waals surface area contributed by atoms with Crippen molar-refractivity contribution in [1.29, 1.82) is 0 Å². The minimum atomic E-state index is -4.27. The first-order valence-electron chi connectivity index (χ1n) is 12.9. The monoisotopic (exact) mass is 593 g/mol. The van der Waals surface area contributed by atoms with Gasteiger partial charge in [0.1, 0.15) is 6.54 Å². The van der Waals surface area contributed by atoms with Crippen LogP contribution in [0.3, 0.4) is 0 Å².